The zero-order valence-electron chi connectivity index (χ0n) is 22.4. The van der Waals surface area contributed by atoms with Crippen LogP contribution in [-0.2, 0) is 13.6 Å². The predicted octanol–water partition coefficient (Wildman–Crippen LogP) is 7.54. The molecule has 1 fully saturated rings. The van der Waals surface area contributed by atoms with Crippen molar-refractivity contribution in [3.8, 4) is 12.3 Å². The van der Waals surface area contributed by atoms with Crippen molar-refractivity contribution in [2.24, 2.45) is 11.8 Å². The molecule has 32 heavy (non-hydrogen) atoms. The van der Waals surface area contributed by atoms with Crippen molar-refractivity contribution in [3.05, 3.63) is 12.2 Å². The quantitative estimate of drug-likeness (QED) is 0.137. The van der Waals surface area contributed by atoms with Crippen molar-refractivity contribution in [2.75, 3.05) is 11.9 Å². The molecule has 0 aromatic heterocycles. The first kappa shape index (κ1) is 28.3. The Kier molecular flexibility index (Phi) is 8.21. The van der Waals surface area contributed by atoms with Crippen molar-refractivity contribution in [2.45, 2.75) is 115 Å². The Morgan fingerprint density at radius 2 is 1.69 bits per heavy atom. The molecule has 0 aromatic rings. The molecule has 1 aliphatic carbocycles. The van der Waals surface area contributed by atoms with Gasteiger partial charge in [-0.15, -0.1) is 6.42 Å². The number of allylic oxidation sites excluding steroid dienone is 1. The highest BCUT2D eigenvalue weighted by Crippen LogP contribution is 2.55. The lowest BCUT2D eigenvalue weighted by molar-refractivity contribution is -0.0843. The number of ether oxygens (including phenoxy) is 1. The molecule has 5 atom stereocenters. The van der Waals surface area contributed by atoms with Crippen LogP contribution in [0.1, 0.15) is 61.3 Å². The molecule has 1 saturated heterocycles. The number of rotatable bonds is 8. The lowest BCUT2D eigenvalue weighted by atomic mass is 9.70. The topological polar surface area (TPSA) is 27.7 Å². The second kappa shape index (κ2) is 9.28. The first-order valence-corrected chi connectivity index (χ1v) is 19.0. The van der Waals surface area contributed by atoms with Gasteiger partial charge in [-0.3, -0.25) is 0 Å². The van der Waals surface area contributed by atoms with Gasteiger partial charge in [-0.2, -0.15) is 0 Å². The smallest absolute Gasteiger partial charge is 0.193 e. The van der Waals surface area contributed by atoms with Gasteiger partial charge >= 0.3 is 0 Å². The maximum absolute atomic E-state index is 6.95. The standard InChI is InChI=1S/C26H47BrO3Si2/c1-13-20(29-32(11,12)24(5,6)7)17-26-16-14-15-21(25(8,19-27)30-26)22(26)18-28-31(9,10)23(2,3)4/h1,14,16,20-22H,15,17-19H2,2-12H3/t20-,21?,22-,25+,26+/m0/s1. The molecular weight excluding hydrogens is 496 g/mol. The number of hydrogen-bond acceptors (Lipinski definition) is 3. The molecular formula is C26H47BrO3Si2. The number of terminal acetylenes is 1. The fourth-order valence-electron chi connectivity index (χ4n) is 4.45. The molecule has 0 spiro atoms. The summed E-state index contributed by atoms with van der Waals surface area (Å²) in [6, 6.07) is 0. The number of hydrogen-bond donors (Lipinski definition) is 0. The van der Waals surface area contributed by atoms with Gasteiger partial charge in [0.25, 0.3) is 0 Å². The highest BCUT2D eigenvalue weighted by Gasteiger charge is 2.61. The summed E-state index contributed by atoms with van der Waals surface area (Å²) in [7, 11) is -3.88. The van der Waals surface area contributed by atoms with Crippen LogP contribution in [0, 0.1) is 24.2 Å². The first-order valence-electron chi connectivity index (χ1n) is 12.1. The minimum atomic E-state index is -2.00. The Morgan fingerprint density at radius 3 is 2.16 bits per heavy atom. The highest BCUT2D eigenvalue weighted by molar-refractivity contribution is 9.09. The van der Waals surface area contributed by atoms with E-state index in [0.29, 0.717) is 18.9 Å². The maximum atomic E-state index is 6.95. The third kappa shape index (κ3) is 5.49. The average Bonchev–Trinajstić information content (AvgIpc) is 2.75. The molecule has 3 nitrogen and oxygen atoms in total. The van der Waals surface area contributed by atoms with E-state index in [0.717, 1.165) is 11.8 Å². The molecule has 0 aromatic carbocycles. The normalized spacial score (nSPS) is 32.1. The van der Waals surface area contributed by atoms with E-state index in [1.807, 2.05) is 0 Å². The Morgan fingerprint density at radius 1 is 1.12 bits per heavy atom. The van der Waals surface area contributed by atoms with Crippen LogP contribution < -0.4 is 0 Å². The summed E-state index contributed by atoms with van der Waals surface area (Å²) in [5.41, 5.74) is -0.700. The second-order valence-electron chi connectivity index (χ2n) is 13.2. The van der Waals surface area contributed by atoms with Crippen LogP contribution in [-0.4, -0.2) is 45.9 Å². The van der Waals surface area contributed by atoms with Crippen molar-refractivity contribution in [1.82, 2.24) is 0 Å². The van der Waals surface area contributed by atoms with Crippen molar-refractivity contribution < 1.29 is 13.6 Å². The highest BCUT2D eigenvalue weighted by atomic mass is 79.9. The summed E-state index contributed by atoms with van der Waals surface area (Å²) in [5, 5.41) is 1.08. The van der Waals surface area contributed by atoms with Crippen LogP contribution in [0.15, 0.2) is 12.2 Å². The monoisotopic (exact) mass is 542 g/mol. The third-order valence-electron chi connectivity index (χ3n) is 8.74. The third-order valence-corrected chi connectivity index (χ3v) is 18.8. The van der Waals surface area contributed by atoms with Crippen LogP contribution in [0.5, 0.6) is 0 Å². The molecule has 6 heteroatoms. The summed E-state index contributed by atoms with van der Waals surface area (Å²) in [5.74, 6) is 3.63. The van der Waals surface area contributed by atoms with E-state index >= 15 is 0 Å². The molecule has 2 rings (SSSR count). The van der Waals surface area contributed by atoms with E-state index in [2.05, 4.69) is 109 Å². The van der Waals surface area contributed by atoms with Gasteiger partial charge in [-0.05, 0) is 55.5 Å². The van der Waals surface area contributed by atoms with E-state index in [1.165, 1.54) is 0 Å². The zero-order valence-corrected chi connectivity index (χ0v) is 26.0. The van der Waals surface area contributed by atoms with Crippen LogP contribution in [0.2, 0.25) is 36.3 Å². The van der Waals surface area contributed by atoms with Gasteiger partial charge in [0.1, 0.15) is 6.10 Å². The van der Waals surface area contributed by atoms with Crippen LogP contribution in [0.4, 0.5) is 0 Å². The van der Waals surface area contributed by atoms with Crippen LogP contribution in [0.3, 0.4) is 0 Å². The molecule has 2 bridgehead atoms. The van der Waals surface area contributed by atoms with Crippen molar-refractivity contribution in [3.63, 3.8) is 0 Å². The Bertz CT molecular complexity index is 744. The summed E-state index contributed by atoms with van der Waals surface area (Å²) >= 11 is 3.75. The van der Waals surface area contributed by atoms with Gasteiger partial charge in [0, 0.05) is 24.3 Å². The van der Waals surface area contributed by atoms with E-state index in [-0.39, 0.29) is 27.7 Å². The van der Waals surface area contributed by atoms with Crippen LogP contribution >= 0.6 is 15.9 Å². The fraction of sp³-hybridized carbons (Fsp3) is 0.846. The minimum Gasteiger partial charge on any atom is -0.416 e. The Balaban J connectivity index is 2.36. The first-order chi connectivity index (χ1) is 14.3. The van der Waals surface area contributed by atoms with Gasteiger partial charge in [0.15, 0.2) is 16.6 Å². The zero-order chi connectivity index (χ0) is 24.8. The summed E-state index contributed by atoms with van der Waals surface area (Å²) in [6.07, 6.45) is 12.0. The molecule has 2 aliphatic rings. The predicted molar refractivity (Wildman–Crippen MR) is 145 cm³/mol. The van der Waals surface area contributed by atoms with Crippen molar-refractivity contribution >= 4 is 32.6 Å². The van der Waals surface area contributed by atoms with Gasteiger partial charge < -0.3 is 13.6 Å². The lowest BCUT2D eigenvalue weighted by Gasteiger charge is -2.43. The molecule has 1 unspecified atom stereocenters. The molecule has 0 amide bonds. The number of fused-ring (bicyclic) bond motifs is 2. The minimum absolute atomic E-state index is 0.108. The Hall–Kier alpha value is 0.0938. The summed E-state index contributed by atoms with van der Waals surface area (Å²) < 4.78 is 20.4. The second-order valence-corrected chi connectivity index (χ2v) is 23.3. The van der Waals surface area contributed by atoms with Gasteiger partial charge in [0.05, 0.1) is 11.2 Å². The van der Waals surface area contributed by atoms with Gasteiger partial charge in [0.2, 0.25) is 0 Å². The van der Waals surface area contributed by atoms with E-state index in [9.17, 15) is 0 Å². The Labute approximate surface area is 208 Å². The van der Waals surface area contributed by atoms with E-state index < -0.39 is 22.2 Å². The lowest BCUT2D eigenvalue weighted by Crippen LogP contribution is -2.49. The molecule has 1 heterocycles. The molecule has 1 aliphatic heterocycles. The van der Waals surface area contributed by atoms with Gasteiger partial charge in [-0.1, -0.05) is 75.5 Å². The van der Waals surface area contributed by atoms with Crippen molar-refractivity contribution in [1.29, 1.82) is 0 Å². The van der Waals surface area contributed by atoms with E-state index in [4.69, 9.17) is 20.0 Å². The average molecular weight is 544 g/mol. The van der Waals surface area contributed by atoms with Gasteiger partial charge in [-0.25, -0.2) is 0 Å². The molecule has 184 valence electrons. The maximum Gasteiger partial charge on any atom is 0.193 e. The SMILES string of the molecule is C#C[C@@H](C[C@]12C=CCC([C@@H]1CO[Si](C)(C)C(C)(C)C)[C@@](C)(CBr)O2)O[Si](C)(C)C(C)(C)C. The largest absolute Gasteiger partial charge is 0.416 e. The molecule has 0 radical (unpaired) electrons. The van der Waals surface area contributed by atoms with Crippen LogP contribution in [0.25, 0.3) is 0 Å². The fourth-order valence-corrected chi connectivity index (χ4v) is 7.23. The molecule has 0 N–H and O–H groups in total. The number of alkyl halides is 1. The molecule has 0 saturated carbocycles. The summed E-state index contributed by atoms with van der Waals surface area (Å²) in [4.78, 5) is 0. The number of halogens is 1. The summed E-state index contributed by atoms with van der Waals surface area (Å²) in [6.45, 7) is 25.8. The van der Waals surface area contributed by atoms with E-state index in [1.54, 1.807) is 0 Å².